The minimum atomic E-state index is -2.33. The van der Waals surface area contributed by atoms with E-state index in [0.29, 0.717) is 0 Å². The summed E-state index contributed by atoms with van der Waals surface area (Å²) in [6, 6.07) is 0. The second-order valence-corrected chi connectivity index (χ2v) is 0.250. The van der Waals surface area contributed by atoms with Gasteiger partial charge in [-0.2, -0.15) is 0 Å². The molecule has 0 aromatic carbocycles. The molecule has 8 N–H and O–H groups in total. The van der Waals surface area contributed by atoms with Gasteiger partial charge in [-0.1, -0.05) is 0 Å². The Hall–Kier alpha value is 0.409. The van der Waals surface area contributed by atoms with E-state index in [1.54, 1.807) is 0 Å². The average molecular weight is 183 g/mol. The maximum Gasteiger partial charge on any atom is 3.00 e. The van der Waals surface area contributed by atoms with Crippen LogP contribution >= 0.6 is 0 Å². The largest absolute Gasteiger partial charge is 3.00 e. The first-order valence-electron chi connectivity index (χ1n) is 0.612. The van der Waals surface area contributed by atoms with Crippen molar-refractivity contribution < 1.29 is 36.9 Å². The van der Waals surface area contributed by atoms with Crippen LogP contribution in [0, 0.1) is 0 Å². The Morgan fingerprint density at radius 3 is 0.900 bits per heavy atom. The van der Waals surface area contributed by atoms with Crippen molar-refractivity contribution >= 4 is 46.6 Å². The van der Waals surface area contributed by atoms with Gasteiger partial charge in [0.05, 0.1) is 0 Å². The second kappa shape index (κ2) is 57.3. The van der Waals surface area contributed by atoms with Crippen molar-refractivity contribution in [1.29, 1.82) is 0 Å². The quantitative estimate of drug-likeness (QED) is 0.338. The Morgan fingerprint density at radius 1 is 0.900 bits per heavy atom. The summed E-state index contributed by atoms with van der Waals surface area (Å²) < 4.78 is 0. The van der Waals surface area contributed by atoms with Gasteiger partial charge >= 0.3 is 40.4 Å². The number of hydrogen-bond acceptors (Lipinski definition) is 3. The maximum absolute atomic E-state index is 8.33. The third kappa shape index (κ3) is 2760. The fourth-order valence-electron chi connectivity index (χ4n) is 0. The van der Waals surface area contributed by atoms with Crippen LogP contribution in [0.5, 0.6) is 0 Å². The number of hydrogen-bond donors (Lipinski definition) is 0. The molecule has 0 radical (unpaired) electrons. The molecule has 0 bridgehead atoms. The topological polar surface area (TPSA) is 189 Å². The van der Waals surface area contributed by atoms with Crippen LogP contribution in [0.3, 0.4) is 0 Å². The Morgan fingerprint density at radius 2 is 0.900 bits per heavy atom. The van der Waals surface area contributed by atoms with Gasteiger partial charge in [0, 0.05) is 0 Å². The Balaban J connectivity index is -0.00000000300. The molecular formula is CH8AlMgO7+3. The van der Waals surface area contributed by atoms with Gasteiger partial charge in [0.1, 0.15) is 0 Å². The molecule has 0 aromatic rings. The number of rotatable bonds is 0. The van der Waals surface area contributed by atoms with Crippen LogP contribution in [0.4, 0.5) is 4.79 Å². The molecule has 0 aliphatic heterocycles. The van der Waals surface area contributed by atoms with Crippen molar-refractivity contribution in [1.82, 2.24) is 0 Å². The molecule has 7 nitrogen and oxygen atoms in total. The average Bonchev–Trinajstić information content (AvgIpc) is 0.811. The molecule has 0 fully saturated rings. The van der Waals surface area contributed by atoms with Crippen LogP contribution in [0.2, 0.25) is 0 Å². The van der Waals surface area contributed by atoms with Crippen LogP contribution in [-0.2, 0) is 0 Å². The fraction of sp³-hybridized carbons (Fsp3) is 0. The van der Waals surface area contributed by atoms with E-state index in [-0.39, 0.29) is 62.3 Å². The molecule has 56 valence electrons. The molecule has 0 saturated carbocycles. The summed E-state index contributed by atoms with van der Waals surface area (Å²) in [4.78, 5) is 8.33. The van der Waals surface area contributed by atoms with E-state index in [1.807, 2.05) is 0 Å². The molecule has 0 aromatic heterocycles. The molecule has 0 amide bonds. The number of carboxylic acid groups (broad SMARTS) is 2. The molecule has 9 heteroatoms. The van der Waals surface area contributed by atoms with E-state index in [1.165, 1.54) is 0 Å². The van der Waals surface area contributed by atoms with Crippen molar-refractivity contribution in [2.75, 3.05) is 0 Å². The molecule has 0 spiro atoms. The van der Waals surface area contributed by atoms with Crippen LogP contribution in [0.25, 0.3) is 0 Å². The predicted octanol–water partition coefficient (Wildman–Crippen LogP) is -6.51. The summed E-state index contributed by atoms with van der Waals surface area (Å²) in [5.41, 5.74) is 0. The Labute approximate surface area is 83.6 Å². The van der Waals surface area contributed by atoms with Gasteiger partial charge in [0.25, 0.3) is 0 Å². The van der Waals surface area contributed by atoms with E-state index in [9.17, 15) is 0 Å². The van der Waals surface area contributed by atoms with Crippen molar-refractivity contribution in [3.63, 3.8) is 0 Å². The predicted molar refractivity (Wildman–Crippen MR) is 31.4 cm³/mol. The fourth-order valence-corrected chi connectivity index (χ4v) is 0. The molecule has 0 heterocycles. The molecule has 0 rings (SSSR count). The van der Waals surface area contributed by atoms with E-state index in [0.717, 1.165) is 0 Å². The first-order valence-corrected chi connectivity index (χ1v) is 0.612. The van der Waals surface area contributed by atoms with Crippen LogP contribution < -0.4 is 10.2 Å². The van der Waals surface area contributed by atoms with Gasteiger partial charge in [0.2, 0.25) is 0 Å². The third-order valence-corrected chi connectivity index (χ3v) is 0. The summed E-state index contributed by atoms with van der Waals surface area (Å²) >= 11 is 0. The van der Waals surface area contributed by atoms with Crippen molar-refractivity contribution in [2.45, 2.75) is 0 Å². The summed E-state index contributed by atoms with van der Waals surface area (Å²) in [7, 11) is 0. The normalized spacial score (nSPS) is 2.40. The van der Waals surface area contributed by atoms with Crippen molar-refractivity contribution in [2.24, 2.45) is 0 Å². The summed E-state index contributed by atoms with van der Waals surface area (Å²) in [5.74, 6) is 0. The molecule has 0 atom stereocenters. The van der Waals surface area contributed by atoms with E-state index in [4.69, 9.17) is 15.0 Å². The molecular weight excluding hydrogens is 175 g/mol. The second-order valence-electron chi connectivity index (χ2n) is 0.250. The zero-order chi connectivity index (χ0) is 3.58. The smallest absolute Gasteiger partial charge is 0.652 e. The van der Waals surface area contributed by atoms with Crippen molar-refractivity contribution in [3.8, 4) is 0 Å². The summed E-state index contributed by atoms with van der Waals surface area (Å²) in [6.45, 7) is 0. The minimum Gasteiger partial charge on any atom is -0.652 e. The summed E-state index contributed by atoms with van der Waals surface area (Å²) in [6.07, 6.45) is -2.33. The number of carbonyl (C=O) groups is 1. The van der Waals surface area contributed by atoms with Crippen LogP contribution in [-0.4, -0.2) is 68.5 Å². The van der Waals surface area contributed by atoms with Crippen molar-refractivity contribution in [3.05, 3.63) is 0 Å². The first kappa shape index (κ1) is 79.3. The van der Waals surface area contributed by atoms with E-state index >= 15 is 0 Å². The van der Waals surface area contributed by atoms with Crippen LogP contribution in [0.15, 0.2) is 0 Å². The molecule has 10 heavy (non-hydrogen) atoms. The van der Waals surface area contributed by atoms with Gasteiger partial charge in [-0.3, -0.25) is 0 Å². The SMILES string of the molecule is O.O.O.O.O=C([O-])[O-].[Al+3].[Mg+2]. The molecule has 0 saturated heterocycles. The first-order chi connectivity index (χ1) is 1.73. The van der Waals surface area contributed by atoms with Gasteiger partial charge in [-0.25, -0.2) is 0 Å². The summed E-state index contributed by atoms with van der Waals surface area (Å²) in [5, 5.41) is 16.7. The zero-order valence-electron chi connectivity index (χ0n) is 5.01. The van der Waals surface area contributed by atoms with Gasteiger partial charge in [0.15, 0.2) is 0 Å². The standard InChI is InChI=1S/CH2O3.Al.Mg.4H2O/c2-1(3)4;;;;;;/h(H2,2,3,4);;;4*1H2/q;+3;+2;;;;/p-2. The van der Waals surface area contributed by atoms with Crippen LogP contribution in [0.1, 0.15) is 0 Å². The van der Waals surface area contributed by atoms with Gasteiger partial charge in [-0.15, -0.1) is 0 Å². The maximum atomic E-state index is 8.33. The molecule has 0 aliphatic carbocycles. The minimum absolute atomic E-state index is 0. The van der Waals surface area contributed by atoms with E-state index in [2.05, 4.69) is 0 Å². The number of carbonyl (C=O) groups excluding carboxylic acids is 1. The monoisotopic (exact) mass is 183 g/mol. The van der Waals surface area contributed by atoms with E-state index < -0.39 is 6.16 Å². The molecule has 0 aliphatic rings. The molecule has 0 unspecified atom stereocenters. The van der Waals surface area contributed by atoms with Gasteiger partial charge in [-0.05, 0) is 6.16 Å². The Bertz CT molecular complexity index is 36.6. The zero-order valence-corrected chi connectivity index (χ0v) is 7.58. The Kier molecular flexibility index (Phi) is 454. The third-order valence-electron chi connectivity index (χ3n) is 0. The van der Waals surface area contributed by atoms with Gasteiger partial charge < -0.3 is 36.9 Å².